The third-order valence-electron chi connectivity index (χ3n) is 3.18. The standard InChI is InChI=1S/C17H14FNOS/c1-20-16-8-6-12(10-14(16)18)11-21-17-9-7-13-4-2-3-5-15(13)19-17/h2-10H,11H2,1H3. The monoisotopic (exact) mass is 299 g/mol. The lowest BCUT2D eigenvalue weighted by atomic mass is 10.2. The van der Waals surface area contributed by atoms with Crippen molar-refractivity contribution in [1.82, 2.24) is 4.98 Å². The molecule has 0 bridgehead atoms. The molecule has 0 aliphatic rings. The van der Waals surface area contributed by atoms with E-state index in [1.165, 1.54) is 13.2 Å². The topological polar surface area (TPSA) is 22.1 Å². The lowest BCUT2D eigenvalue weighted by Gasteiger charge is -2.06. The molecule has 0 fully saturated rings. The van der Waals surface area contributed by atoms with Gasteiger partial charge in [-0.25, -0.2) is 9.37 Å². The summed E-state index contributed by atoms with van der Waals surface area (Å²) in [6.45, 7) is 0. The Balaban J connectivity index is 1.75. The molecule has 1 heterocycles. The van der Waals surface area contributed by atoms with Crippen molar-refractivity contribution in [2.45, 2.75) is 10.8 Å². The third-order valence-corrected chi connectivity index (χ3v) is 4.18. The highest BCUT2D eigenvalue weighted by Gasteiger charge is 2.05. The van der Waals surface area contributed by atoms with E-state index >= 15 is 0 Å². The number of para-hydroxylation sites is 1. The molecule has 3 rings (SSSR count). The maximum atomic E-state index is 13.6. The molecule has 0 aliphatic carbocycles. The molecule has 0 saturated heterocycles. The van der Waals surface area contributed by atoms with E-state index in [0.717, 1.165) is 21.5 Å². The second-order valence-corrected chi connectivity index (χ2v) is 5.60. The average molecular weight is 299 g/mol. The molecule has 0 amide bonds. The van der Waals surface area contributed by atoms with Crippen molar-refractivity contribution >= 4 is 22.7 Å². The number of nitrogens with zero attached hydrogens (tertiary/aromatic N) is 1. The van der Waals surface area contributed by atoms with Gasteiger partial charge in [0.2, 0.25) is 0 Å². The summed E-state index contributed by atoms with van der Waals surface area (Å²) < 4.78 is 18.6. The molecule has 2 nitrogen and oxygen atoms in total. The predicted octanol–water partition coefficient (Wildman–Crippen LogP) is 4.67. The van der Waals surface area contributed by atoms with E-state index in [-0.39, 0.29) is 11.6 Å². The van der Waals surface area contributed by atoms with Crippen molar-refractivity contribution in [2.75, 3.05) is 7.11 Å². The number of hydrogen-bond acceptors (Lipinski definition) is 3. The Morgan fingerprint density at radius 1 is 1.10 bits per heavy atom. The summed E-state index contributed by atoms with van der Waals surface area (Å²) in [6.07, 6.45) is 0. The minimum atomic E-state index is -0.331. The van der Waals surface area contributed by atoms with Crippen LogP contribution in [0, 0.1) is 5.82 Å². The van der Waals surface area contributed by atoms with Crippen molar-refractivity contribution in [3.63, 3.8) is 0 Å². The molecule has 21 heavy (non-hydrogen) atoms. The minimum absolute atomic E-state index is 0.271. The summed E-state index contributed by atoms with van der Waals surface area (Å²) >= 11 is 1.59. The molecule has 0 saturated carbocycles. The van der Waals surface area contributed by atoms with Gasteiger partial charge in [0.15, 0.2) is 11.6 Å². The van der Waals surface area contributed by atoms with Crippen LogP contribution >= 0.6 is 11.8 Å². The van der Waals surface area contributed by atoms with Crippen LogP contribution in [0.15, 0.2) is 59.6 Å². The van der Waals surface area contributed by atoms with E-state index in [1.807, 2.05) is 36.4 Å². The van der Waals surface area contributed by atoms with E-state index in [9.17, 15) is 4.39 Å². The van der Waals surface area contributed by atoms with Gasteiger partial charge < -0.3 is 4.74 Å². The van der Waals surface area contributed by atoms with Gasteiger partial charge in [0.05, 0.1) is 17.7 Å². The number of rotatable bonds is 4. The highest BCUT2D eigenvalue weighted by Crippen LogP contribution is 2.25. The lowest BCUT2D eigenvalue weighted by Crippen LogP contribution is -1.90. The Hall–Kier alpha value is -2.07. The zero-order valence-corrected chi connectivity index (χ0v) is 12.4. The lowest BCUT2D eigenvalue weighted by molar-refractivity contribution is 0.386. The number of ether oxygens (including phenoxy) is 1. The average Bonchev–Trinajstić information content (AvgIpc) is 2.53. The van der Waals surface area contributed by atoms with Gasteiger partial charge in [-0.1, -0.05) is 30.3 Å². The van der Waals surface area contributed by atoms with E-state index in [4.69, 9.17) is 4.74 Å². The third kappa shape index (κ3) is 3.16. The van der Waals surface area contributed by atoms with Gasteiger partial charge in [-0.15, -0.1) is 11.8 Å². The molecular formula is C17H14FNOS. The Morgan fingerprint density at radius 2 is 1.95 bits per heavy atom. The number of hydrogen-bond donors (Lipinski definition) is 0. The first-order chi connectivity index (χ1) is 10.3. The number of benzene rings is 2. The van der Waals surface area contributed by atoms with E-state index < -0.39 is 0 Å². The fraction of sp³-hybridized carbons (Fsp3) is 0.118. The predicted molar refractivity (Wildman–Crippen MR) is 84.3 cm³/mol. The summed E-state index contributed by atoms with van der Waals surface area (Å²) in [4.78, 5) is 4.59. The van der Waals surface area contributed by atoms with Gasteiger partial charge in [-0.2, -0.15) is 0 Å². The number of methoxy groups -OCH3 is 1. The van der Waals surface area contributed by atoms with Crippen LogP contribution in [0.5, 0.6) is 5.75 Å². The molecule has 3 aromatic rings. The van der Waals surface area contributed by atoms with E-state index in [2.05, 4.69) is 11.1 Å². The number of pyridine rings is 1. The maximum Gasteiger partial charge on any atom is 0.165 e. The Labute approximate surface area is 127 Å². The van der Waals surface area contributed by atoms with Crippen LogP contribution in [0.3, 0.4) is 0 Å². The van der Waals surface area contributed by atoms with Crippen LogP contribution in [-0.2, 0) is 5.75 Å². The van der Waals surface area contributed by atoms with Crippen molar-refractivity contribution in [3.8, 4) is 5.75 Å². The van der Waals surface area contributed by atoms with Crippen LogP contribution < -0.4 is 4.74 Å². The van der Waals surface area contributed by atoms with Crippen molar-refractivity contribution in [1.29, 1.82) is 0 Å². The van der Waals surface area contributed by atoms with Gasteiger partial charge in [0, 0.05) is 11.1 Å². The first kappa shape index (κ1) is 13.9. The zero-order valence-electron chi connectivity index (χ0n) is 11.5. The van der Waals surface area contributed by atoms with Crippen LogP contribution in [0.4, 0.5) is 4.39 Å². The normalized spacial score (nSPS) is 10.8. The van der Waals surface area contributed by atoms with Gasteiger partial charge in [0.25, 0.3) is 0 Å². The summed E-state index contributed by atoms with van der Waals surface area (Å²) in [6, 6.07) is 17.1. The number of halogens is 1. The molecule has 0 aliphatic heterocycles. The smallest absolute Gasteiger partial charge is 0.165 e. The second-order valence-electron chi connectivity index (χ2n) is 4.60. The fourth-order valence-electron chi connectivity index (χ4n) is 2.08. The molecule has 0 spiro atoms. The second kappa shape index (κ2) is 6.14. The summed E-state index contributed by atoms with van der Waals surface area (Å²) in [5, 5.41) is 2.06. The Bertz CT molecular complexity index is 776. The number of aromatic nitrogens is 1. The highest BCUT2D eigenvalue weighted by atomic mass is 32.2. The van der Waals surface area contributed by atoms with Crippen LogP contribution in [0.1, 0.15) is 5.56 Å². The van der Waals surface area contributed by atoms with Crippen LogP contribution in [-0.4, -0.2) is 12.1 Å². The summed E-state index contributed by atoms with van der Waals surface area (Å²) in [7, 11) is 1.46. The first-order valence-electron chi connectivity index (χ1n) is 6.57. The molecule has 2 aromatic carbocycles. The fourth-order valence-corrected chi connectivity index (χ4v) is 2.91. The first-order valence-corrected chi connectivity index (χ1v) is 7.56. The molecule has 106 valence electrons. The van der Waals surface area contributed by atoms with Crippen molar-refractivity contribution < 1.29 is 9.13 Å². The Morgan fingerprint density at radius 3 is 2.76 bits per heavy atom. The molecule has 0 atom stereocenters. The molecule has 0 N–H and O–H groups in total. The molecule has 1 aromatic heterocycles. The van der Waals surface area contributed by atoms with E-state index in [1.54, 1.807) is 17.8 Å². The van der Waals surface area contributed by atoms with Gasteiger partial charge in [0.1, 0.15) is 0 Å². The van der Waals surface area contributed by atoms with Crippen molar-refractivity contribution in [3.05, 3.63) is 66.0 Å². The van der Waals surface area contributed by atoms with Crippen LogP contribution in [0.2, 0.25) is 0 Å². The molecular weight excluding hydrogens is 285 g/mol. The van der Waals surface area contributed by atoms with Gasteiger partial charge in [-0.05, 0) is 29.8 Å². The highest BCUT2D eigenvalue weighted by molar-refractivity contribution is 7.98. The van der Waals surface area contributed by atoms with E-state index in [0.29, 0.717) is 5.75 Å². The number of fused-ring (bicyclic) bond motifs is 1. The summed E-state index contributed by atoms with van der Waals surface area (Å²) in [5.74, 6) is 0.612. The Kier molecular flexibility index (Phi) is 4.06. The molecule has 4 heteroatoms. The molecule has 0 unspecified atom stereocenters. The zero-order chi connectivity index (χ0) is 14.7. The minimum Gasteiger partial charge on any atom is -0.494 e. The summed E-state index contributed by atoms with van der Waals surface area (Å²) in [5.41, 5.74) is 1.89. The maximum absolute atomic E-state index is 13.6. The molecule has 0 radical (unpaired) electrons. The number of thioether (sulfide) groups is 1. The van der Waals surface area contributed by atoms with Crippen LogP contribution in [0.25, 0.3) is 10.9 Å². The van der Waals surface area contributed by atoms with Gasteiger partial charge in [-0.3, -0.25) is 0 Å². The SMILES string of the molecule is COc1ccc(CSc2ccc3ccccc3n2)cc1F. The largest absolute Gasteiger partial charge is 0.494 e. The quantitative estimate of drug-likeness (QED) is 0.653. The van der Waals surface area contributed by atoms with Gasteiger partial charge >= 0.3 is 0 Å². The van der Waals surface area contributed by atoms with Crippen molar-refractivity contribution in [2.24, 2.45) is 0 Å².